The summed E-state index contributed by atoms with van der Waals surface area (Å²) in [5.74, 6) is 1.06. The molecule has 2 nitrogen and oxygen atoms in total. The first-order valence-electron chi connectivity index (χ1n) is 6.01. The highest BCUT2D eigenvalue weighted by Gasteiger charge is 2.13. The molecule has 0 bridgehead atoms. The highest BCUT2D eigenvalue weighted by molar-refractivity contribution is 6.34. The smallest absolute Gasteiger partial charge is 0.147 e. The van der Waals surface area contributed by atoms with Crippen molar-refractivity contribution in [3.05, 3.63) is 58.1 Å². The van der Waals surface area contributed by atoms with Crippen molar-refractivity contribution < 1.29 is 9.84 Å². The number of hydrogen-bond donors (Lipinski definition) is 1. The van der Waals surface area contributed by atoms with E-state index in [0.29, 0.717) is 28.0 Å². The Morgan fingerprint density at radius 2 is 1.84 bits per heavy atom. The predicted molar refractivity (Wildman–Crippen MR) is 78.2 cm³/mol. The number of rotatable bonds is 4. The van der Waals surface area contributed by atoms with Gasteiger partial charge in [0.15, 0.2) is 0 Å². The second kappa shape index (κ2) is 6.29. The molecule has 19 heavy (non-hydrogen) atoms. The van der Waals surface area contributed by atoms with Crippen molar-refractivity contribution in [2.45, 2.75) is 19.4 Å². The van der Waals surface area contributed by atoms with Crippen LogP contribution in [0.25, 0.3) is 0 Å². The highest BCUT2D eigenvalue weighted by atomic mass is 35.5. The summed E-state index contributed by atoms with van der Waals surface area (Å²) < 4.78 is 5.77. The molecule has 0 radical (unpaired) electrons. The van der Waals surface area contributed by atoms with E-state index in [2.05, 4.69) is 0 Å². The number of benzene rings is 2. The van der Waals surface area contributed by atoms with Gasteiger partial charge < -0.3 is 9.84 Å². The monoisotopic (exact) mass is 296 g/mol. The zero-order valence-electron chi connectivity index (χ0n) is 10.4. The molecular formula is C15H14Cl2O2. The van der Waals surface area contributed by atoms with E-state index in [1.807, 2.05) is 25.1 Å². The van der Waals surface area contributed by atoms with Crippen molar-refractivity contribution in [3.63, 3.8) is 0 Å². The minimum absolute atomic E-state index is 0.477. The average molecular weight is 297 g/mol. The molecule has 0 amide bonds. The summed E-state index contributed by atoms with van der Waals surface area (Å²) in [5.41, 5.74) is 0.737. The van der Waals surface area contributed by atoms with Crippen LogP contribution in [-0.2, 0) is 0 Å². The summed E-state index contributed by atoms with van der Waals surface area (Å²) in [5, 5.41) is 11.0. The molecule has 0 aliphatic heterocycles. The van der Waals surface area contributed by atoms with Gasteiger partial charge in [0.2, 0.25) is 0 Å². The van der Waals surface area contributed by atoms with Gasteiger partial charge in [0.1, 0.15) is 11.5 Å². The lowest BCUT2D eigenvalue weighted by Crippen LogP contribution is -1.98. The third kappa shape index (κ3) is 3.41. The Hall–Kier alpha value is -1.22. The average Bonchev–Trinajstić information content (AvgIpc) is 2.42. The SMILES string of the molecule is CC[C@H](O)c1ccccc1Oc1cc(Cl)ccc1Cl. The minimum Gasteiger partial charge on any atom is -0.455 e. The standard InChI is InChI=1S/C15H14Cl2O2/c1-2-13(18)11-5-3-4-6-14(11)19-15-9-10(16)7-8-12(15)17/h3-9,13,18H,2H2,1H3/t13-/m0/s1. The lowest BCUT2D eigenvalue weighted by atomic mass is 10.1. The summed E-state index contributed by atoms with van der Waals surface area (Å²) in [7, 11) is 0. The van der Waals surface area contributed by atoms with Crippen LogP contribution in [0.3, 0.4) is 0 Å². The molecular weight excluding hydrogens is 283 g/mol. The molecule has 1 atom stereocenters. The van der Waals surface area contributed by atoms with Crippen molar-refractivity contribution in [2.75, 3.05) is 0 Å². The molecule has 0 aliphatic carbocycles. The Balaban J connectivity index is 2.35. The first-order chi connectivity index (χ1) is 9.11. The second-order valence-electron chi connectivity index (χ2n) is 4.14. The molecule has 2 aromatic rings. The fourth-order valence-electron chi connectivity index (χ4n) is 1.74. The lowest BCUT2D eigenvalue weighted by molar-refractivity contribution is 0.170. The van der Waals surface area contributed by atoms with Gasteiger partial charge in [0.25, 0.3) is 0 Å². The number of hydrogen-bond acceptors (Lipinski definition) is 2. The van der Waals surface area contributed by atoms with Gasteiger partial charge in [-0.1, -0.05) is 48.3 Å². The molecule has 0 unspecified atom stereocenters. The summed E-state index contributed by atoms with van der Waals surface area (Å²) in [6.45, 7) is 1.91. The van der Waals surface area contributed by atoms with Gasteiger partial charge in [0.05, 0.1) is 11.1 Å². The van der Waals surface area contributed by atoms with Crippen molar-refractivity contribution >= 4 is 23.2 Å². The van der Waals surface area contributed by atoms with E-state index in [-0.39, 0.29) is 0 Å². The van der Waals surface area contributed by atoms with Gasteiger partial charge in [-0.25, -0.2) is 0 Å². The number of halogens is 2. The zero-order chi connectivity index (χ0) is 13.8. The van der Waals surface area contributed by atoms with Crippen LogP contribution in [-0.4, -0.2) is 5.11 Å². The Labute approximate surface area is 122 Å². The van der Waals surface area contributed by atoms with E-state index in [9.17, 15) is 5.11 Å². The fourth-order valence-corrected chi connectivity index (χ4v) is 2.06. The molecule has 0 saturated carbocycles. The maximum absolute atomic E-state index is 9.97. The molecule has 0 fully saturated rings. The van der Waals surface area contributed by atoms with E-state index in [0.717, 1.165) is 5.56 Å². The molecule has 0 aliphatic rings. The molecule has 0 saturated heterocycles. The van der Waals surface area contributed by atoms with E-state index in [1.165, 1.54) is 0 Å². The van der Waals surface area contributed by atoms with E-state index >= 15 is 0 Å². The third-order valence-electron chi connectivity index (χ3n) is 2.78. The van der Waals surface area contributed by atoms with E-state index in [1.54, 1.807) is 24.3 Å². The fraction of sp³-hybridized carbons (Fsp3) is 0.200. The summed E-state index contributed by atoms with van der Waals surface area (Å²) >= 11 is 12.0. The van der Waals surface area contributed by atoms with Crippen LogP contribution in [0.4, 0.5) is 0 Å². The van der Waals surface area contributed by atoms with E-state index in [4.69, 9.17) is 27.9 Å². The third-order valence-corrected chi connectivity index (χ3v) is 3.33. The van der Waals surface area contributed by atoms with Crippen molar-refractivity contribution in [1.29, 1.82) is 0 Å². The van der Waals surface area contributed by atoms with Crippen LogP contribution < -0.4 is 4.74 Å². The van der Waals surface area contributed by atoms with Gasteiger partial charge in [-0.05, 0) is 24.6 Å². The molecule has 0 heterocycles. The molecule has 4 heteroatoms. The van der Waals surface area contributed by atoms with Gasteiger partial charge in [-0.2, -0.15) is 0 Å². The predicted octanol–water partition coefficient (Wildman–Crippen LogP) is 5.23. The zero-order valence-corrected chi connectivity index (χ0v) is 11.9. The number of aliphatic hydroxyl groups is 1. The maximum Gasteiger partial charge on any atom is 0.147 e. The van der Waals surface area contributed by atoms with Gasteiger partial charge in [-0.15, -0.1) is 0 Å². The summed E-state index contributed by atoms with van der Waals surface area (Å²) in [6.07, 6.45) is 0.0538. The molecule has 2 rings (SSSR count). The molecule has 0 spiro atoms. The van der Waals surface area contributed by atoms with Crippen LogP contribution in [0.1, 0.15) is 25.0 Å². The largest absolute Gasteiger partial charge is 0.455 e. The maximum atomic E-state index is 9.97. The molecule has 1 N–H and O–H groups in total. The van der Waals surface area contributed by atoms with Crippen LogP contribution >= 0.6 is 23.2 Å². The Morgan fingerprint density at radius 1 is 1.11 bits per heavy atom. The number of aliphatic hydroxyl groups excluding tert-OH is 1. The van der Waals surface area contributed by atoms with Crippen molar-refractivity contribution in [3.8, 4) is 11.5 Å². The topological polar surface area (TPSA) is 29.5 Å². The van der Waals surface area contributed by atoms with Crippen LogP contribution in [0.15, 0.2) is 42.5 Å². The van der Waals surface area contributed by atoms with Crippen LogP contribution in [0, 0.1) is 0 Å². The summed E-state index contributed by atoms with van der Waals surface area (Å²) in [6, 6.07) is 12.4. The van der Waals surface area contributed by atoms with Crippen LogP contribution in [0.2, 0.25) is 10.0 Å². The van der Waals surface area contributed by atoms with E-state index < -0.39 is 6.10 Å². The molecule has 2 aromatic carbocycles. The molecule has 0 aromatic heterocycles. The highest BCUT2D eigenvalue weighted by Crippen LogP contribution is 2.35. The van der Waals surface area contributed by atoms with Crippen LogP contribution in [0.5, 0.6) is 11.5 Å². The van der Waals surface area contributed by atoms with Gasteiger partial charge in [0, 0.05) is 16.7 Å². The Kier molecular flexibility index (Phi) is 4.70. The van der Waals surface area contributed by atoms with Gasteiger partial charge >= 0.3 is 0 Å². The quantitative estimate of drug-likeness (QED) is 0.837. The Morgan fingerprint density at radius 3 is 2.58 bits per heavy atom. The first-order valence-corrected chi connectivity index (χ1v) is 6.77. The minimum atomic E-state index is -0.561. The lowest BCUT2D eigenvalue weighted by Gasteiger charge is -2.15. The van der Waals surface area contributed by atoms with Crippen molar-refractivity contribution in [1.82, 2.24) is 0 Å². The first kappa shape index (κ1) is 14.2. The van der Waals surface area contributed by atoms with Gasteiger partial charge in [-0.3, -0.25) is 0 Å². The second-order valence-corrected chi connectivity index (χ2v) is 4.98. The number of para-hydroxylation sites is 1. The number of ether oxygens (including phenoxy) is 1. The Bertz CT molecular complexity index is 570. The normalized spacial score (nSPS) is 12.2. The summed E-state index contributed by atoms with van der Waals surface area (Å²) in [4.78, 5) is 0. The molecule has 100 valence electrons. The van der Waals surface area contributed by atoms with Crippen molar-refractivity contribution in [2.24, 2.45) is 0 Å².